The van der Waals surface area contributed by atoms with E-state index in [9.17, 15) is 10.1 Å². The molecule has 0 amide bonds. The first-order valence-corrected chi connectivity index (χ1v) is 7.50. The van der Waals surface area contributed by atoms with Gasteiger partial charge in [0.1, 0.15) is 5.75 Å². The number of nitro groups is 1. The van der Waals surface area contributed by atoms with Crippen LogP contribution in [0.25, 0.3) is 0 Å². The van der Waals surface area contributed by atoms with Crippen molar-refractivity contribution in [1.82, 2.24) is 0 Å². The summed E-state index contributed by atoms with van der Waals surface area (Å²) < 4.78 is 7.42. The second-order valence-corrected chi connectivity index (χ2v) is 5.91. The number of aryl methyl sites for hydroxylation is 1. The zero-order valence-corrected chi connectivity index (χ0v) is 13.8. The third kappa shape index (κ3) is 3.37. The Kier molecular flexibility index (Phi) is 4.77. The normalized spacial score (nSPS) is 10.3. The summed E-state index contributed by atoms with van der Waals surface area (Å²) in [6.07, 6.45) is 0.774. The Morgan fingerprint density at radius 3 is 2.40 bits per heavy atom. The van der Waals surface area contributed by atoms with Gasteiger partial charge < -0.3 is 4.74 Å². The number of benzene rings is 2. The van der Waals surface area contributed by atoms with Gasteiger partial charge >= 0.3 is 5.69 Å². The highest BCUT2D eigenvalue weighted by Gasteiger charge is 2.17. The van der Waals surface area contributed by atoms with Crippen molar-refractivity contribution in [3.8, 4) is 11.5 Å². The Balaban J connectivity index is 2.44. The van der Waals surface area contributed by atoms with E-state index in [0.717, 1.165) is 20.9 Å². The fourth-order valence-electron chi connectivity index (χ4n) is 1.76. The van der Waals surface area contributed by atoms with Crippen LogP contribution in [-0.2, 0) is 6.42 Å². The highest BCUT2D eigenvalue weighted by Crippen LogP contribution is 2.36. The monoisotopic (exact) mass is 399 g/mol. The molecule has 2 rings (SSSR count). The van der Waals surface area contributed by atoms with Crippen molar-refractivity contribution in [1.29, 1.82) is 0 Å². The predicted molar refractivity (Wildman–Crippen MR) is 84.4 cm³/mol. The van der Waals surface area contributed by atoms with Crippen molar-refractivity contribution < 1.29 is 9.66 Å². The van der Waals surface area contributed by atoms with E-state index in [2.05, 4.69) is 31.9 Å². The first kappa shape index (κ1) is 15.0. The molecular weight excluding hydrogens is 390 g/mol. The quantitative estimate of drug-likeness (QED) is 0.504. The second-order valence-electron chi connectivity index (χ2n) is 4.08. The lowest BCUT2D eigenvalue weighted by molar-refractivity contribution is -0.385. The molecule has 0 bridgehead atoms. The molecule has 104 valence electrons. The molecule has 0 saturated heterocycles. The van der Waals surface area contributed by atoms with Crippen molar-refractivity contribution in [3.05, 3.63) is 61.0 Å². The number of nitrogens with zero attached hydrogens (tertiary/aromatic N) is 1. The van der Waals surface area contributed by atoms with Gasteiger partial charge in [-0.05, 0) is 36.2 Å². The van der Waals surface area contributed by atoms with Crippen LogP contribution in [0.3, 0.4) is 0 Å². The molecule has 0 aliphatic heterocycles. The Bertz CT molecular complexity index is 659. The van der Waals surface area contributed by atoms with Crippen molar-refractivity contribution >= 4 is 37.5 Å². The van der Waals surface area contributed by atoms with E-state index >= 15 is 0 Å². The van der Waals surface area contributed by atoms with Gasteiger partial charge in [0.25, 0.3) is 0 Å². The van der Waals surface area contributed by atoms with Crippen LogP contribution in [-0.4, -0.2) is 4.92 Å². The van der Waals surface area contributed by atoms with Crippen LogP contribution < -0.4 is 4.74 Å². The van der Waals surface area contributed by atoms with E-state index in [1.54, 1.807) is 18.2 Å². The molecule has 4 nitrogen and oxygen atoms in total. The summed E-state index contributed by atoms with van der Waals surface area (Å²) in [6.45, 7) is 2.00. The molecule has 0 spiro atoms. The van der Waals surface area contributed by atoms with Crippen molar-refractivity contribution in [2.75, 3.05) is 0 Å². The van der Waals surface area contributed by atoms with Crippen LogP contribution in [0.15, 0.2) is 45.3 Å². The molecule has 2 aromatic rings. The summed E-state index contributed by atoms with van der Waals surface area (Å²) in [5.41, 5.74) is 0.923. The summed E-state index contributed by atoms with van der Waals surface area (Å²) in [4.78, 5) is 10.6. The van der Waals surface area contributed by atoms with Gasteiger partial charge in [-0.15, -0.1) is 0 Å². The fourth-order valence-corrected chi connectivity index (χ4v) is 2.51. The maximum absolute atomic E-state index is 11.0. The number of ether oxygens (including phenoxy) is 1. The minimum Gasteiger partial charge on any atom is -0.450 e. The molecule has 0 radical (unpaired) electrons. The number of halogens is 2. The van der Waals surface area contributed by atoms with Crippen LogP contribution in [0.4, 0.5) is 5.69 Å². The average Bonchev–Trinajstić information content (AvgIpc) is 2.40. The zero-order chi connectivity index (χ0) is 14.7. The van der Waals surface area contributed by atoms with E-state index in [-0.39, 0.29) is 11.4 Å². The van der Waals surface area contributed by atoms with Gasteiger partial charge in [-0.1, -0.05) is 38.8 Å². The van der Waals surface area contributed by atoms with Gasteiger partial charge in [0, 0.05) is 21.1 Å². The van der Waals surface area contributed by atoms with E-state index in [1.165, 1.54) is 6.07 Å². The average molecular weight is 401 g/mol. The Labute approximate surface area is 133 Å². The first-order valence-electron chi connectivity index (χ1n) is 5.91. The highest BCUT2D eigenvalue weighted by molar-refractivity contribution is 9.10. The van der Waals surface area contributed by atoms with Crippen LogP contribution >= 0.6 is 31.9 Å². The molecule has 20 heavy (non-hydrogen) atoms. The molecule has 0 saturated carbocycles. The van der Waals surface area contributed by atoms with Crippen molar-refractivity contribution in [3.63, 3.8) is 0 Å². The maximum atomic E-state index is 11.0. The summed E-state index contributed by atoms with van der Waals surface area (Å²) >= 11 is 6.70. The van der Waals surface area contributed by atoms with E-state index < -0.39 is 4.92 Å². The summed E-state index contributed by atoms with van der Waals surface area (Å²) in [6, 6.07) is 10.2. The van der Waals surface area contributed by atoms with Crippen LogP contribution in [0.1, 0.15) is 12.5 Å². The van der Waals surface area contributed by atoms with Crippen LogP contribution in [0.2, 0.25) is 0 Å². The standard InChI is InChI=1S/C14H11Br2NO3/c1-2-9-7-10(15)4-6-13(9)20-14-8-11(16)3-5-12(14)17(18)19/h3-8H,2H2,1H3. The van der Waals surface area contributed by atoms with Gasteiger partial charge in [-0.3, -0.25) is 10.1 Å². The fraction of sp³-hybridized carbons (Fsp3) is 0.143. The second kappa shape index (κ2) is 6.37. The van der Waals surface area contributed by atoms with Gasteiger partial charge in [0.05, 0.1) is 4.92 Å². The summed E-state index contributed by atoms with van der Waals surface area (Å²) in [5, 5.41) is 11.0. The molecule has 0 atom stereocenters. The number of hydrogen-bond donors (Lipinski definition) is 0. The number of hydrogen-bond acceptors (Lipinski definition) is 3. The Morgan fingerprint density at radius 2 is 1.75 bits per heavy atom. The van der Waals surface area contributed by atoms with Gasteiger partial charge in [-0.2, -0.15) is 0 Å². The molecule has 0 unspecified atom stereocenters. The van der Waals surface area contributed by atoms with Crippen LogP contribution in [0.5, 0.6) is 11.5 Å². The maximum Gasteiger partial charge on any atom is 0.311 e. The Hall–Kier alpha value is -1.40. The lowest BCUT2D eigenvalue weighted by Crippen LogP contribution is -1.95. The Morgan fingerprint density at radius 1 is 1.10 bits per heavy atom. The molecule has 0 N–H and O–H groups in total. The molecule has 0 aliphatic carbocycles. The largest absolute Gasteiger partial charge is 0.450 e. The lowest BCUT2D eigenvalue weighted by Gasteiger charge is -2.11. The molecule has 0 heterocycles. The number of rotatable bonds is 4. The minimum atomic E-state index is -0.452. The molecule has 6 heteroatoms. The summed E-state index contributed by atoms with van der Waals surface area (Å²) in [5.74, 6) is 0.846. The first-order chi connectivity index (χ1) is 9.51. The smallest absolute Gasteiger partial charge is 0.311 e. The number of nitro benzene ring substituents is 1. The van der Waals surface area contributed by atoms with E-state index in [0.29, 0.717) is 5.75 Å². The molecule has 0 fully saturated rings. The van der Waals surface area contributed by atoms with Crippen molar-refractivity contribution in [2.45, 2.75) is 13.3 Å². The third-order valence-electron chi connectivity index (χ3n) is 2.74. The summed E-state index contributed by atoms with van der Waals surface area (Å²) in [7, 11) is 0. The lowest BCUT2D eigenvalue weighted by atomic mass is 10.1. The highest BCUT2D eigenvalue weighted by atomic mass is 79.9. The van der Waals surface area contributed by atoms with E-state index in [1.807, 2.05) is 19.1 Å². The predicted octanol–water partition coefficient (Wildman–Crippen LogP) is 5.47. The molecule has 0 aliphatic rings. The molecular formula is C14H11Br2NO3. The minimum absolute atomic E-state index is 0.0572. The molecule has 0 aromatic heterocycles. The van der Waals surface area contributed by atoms with Gasteiger partial charge in [0.2, 0.25) is 5.75 Å². The zero-order valence-electron chi connectivity index (χ0n) is 10.6. The van der Waals surface area contributed by atoms with Gasteiger partial charge in [0.15, 0.2) is 0 Å². The SMILES string of the molecule is CCc1cc(Br)ccc1Oc1cc(Br)ccc1[N+](=O)[O-]. The van der Waals surface area contributed by atoms with Crippen molar-refractivity contribution in [2.24, 2.45) is 0 Å². The van der Waals surface area contributed by atoms with Gasteiger partial charge in [-0.25, -0.2) is 0 Å². The topological polar surface area (TPSA) is 52.4 Å². The van der Waals surface area contributed by atoms with E-state index in [4.69, 9.17) is 4.74 Å². The molecule has 2 aromatic carbocycles. The third-order valence-corrected chi connectivity index (χ3v) is 3.73. The van der Waals surface area contributed by atoms with Crippen LogP contribution in [0, 0.1) is 10.1 Å².